The van der Waals surface area contributed by atoms with Gasteiger partial charge in [0, 0.05) is 23.7 Å². The van der Waals surface area contributed by atoms with E-state index in [0.29, 0.717) is 22.3 Å². The number of nitrogens with zero attached hydrogens (tertiary/aromatic N) is 4. The summed E-state index contributed by atoms with van der Waals surface area (Å²) in [5, 5.41) is 0. The smallest absolute Gasteiger partial charge is 0.138 e. The predicted molar refractivity (Wildman–Crippen MR) is 89.5 cm³/mol. The highest BCUT2D eigenvalue weighted by atomic mass is 79.9. The Morgan fingerprint density at radius 2 is 2.09 bits per heavy atom. The fourth-order valence-electron chi connectivity index (χ4n) is 2.80. The van der Waals surface area contributed by atoms with Gasteiger partial charge < -0.3 is 0 Å². The van der Waals surface area contributed by atoms with Crippen molar-refractivity contribution in [2.24, 2.45) is 4.99 Å². The van der Waals surface area contributed by atoms with Crippen LogP contribution < -0.4 is 0 Å². The van der Waals surface area contributed by atoms with E-state index in [1.807, 2.05) is 29.7 Å². The summed E-state index contributed by atoms with van der Waals surface area (Å²) >= 11 is 3.28. The molecule has 4 nitrogen and oxygen atoms in total. The maximum Gasteiger partial charge on any atom is 0.138 e. The predicted octanol–water partition coefficient (Wildman–Crippen LogP) is 3.83. The van der Waals surface area contributed by atoms with Crippen LogP contribution >= 0.6 is 15.9 Å². The van der Waals surface area contributed by atoms with E-state index in [9.17, 15) is 4.39 Å². The van der Waals surface area contributed by atoms with Gasteiger partial charge in [0.25, 0.3) is 0 Å². The Labute approximate surface area is 140 Å². The van der Waals surface area contributed by atoms with E-state index in [-0.39, 0.29) is 5.82 Å². The van der Waals surface area contributed by atoms with Crippen LogP contribution in [0.15, 0.2) is 52.2 Å². The molecule has 114 valence electrons. The van der Waals surface area contributed by atoms with Gasteiger partial charge in [-0.1, -0.05) is 6.07 Å². The molecule has 4 rings (SSSR count). The summed E-state index contributed by atoms with van der Waals surface area (Å²) in [6.45, 7) is 2.40. The maximum atomic E-state index is 14.2. The zero-order chi connectivity index (χ0) is 16.0. The number of benzene rings is 1. The van der Waals surface area contributed by atoms with E-state index >= 15 is 0 Å². The standard InChI is InChI=1S/C17H12BrFN4/c1-10-8-21-16-9-22-17(14-4-2-3-5-20-14)11-6-13(19)12(18)7-15(11)23(10)16/h2-8H,9H2,1H3. The molecule has 1 aliphatic heterocycles. The Kier molecular flexibility index (Phi) is 3.34. The molecule has 0 fully saturated rings. The van der Waals surface area contributed by atoms with Crippen LogP contribution in [0.4, 0.5) is 4.39 Å². The largest absolute Gasteiger partial charge is 0.299 e. The molecule has 23 heavy (non-hydrogen) atoms. The van der Waals surface area contributed by atoms with Crippen LogP contribution in [0, 0.1) is 12.7 Å². The number of pyridine rings is 1. The fraction of sp³-hybridized carbons (Fsp3) is 0.118. The van der Waals surface area contributed by atoms with Gasteiger partial charge in [0.2, 0.25) is 0 Å². The molecule has 0 unspecified atom stereocenters. The summed E-state index contributed by atoms with van der Waals surface area (Å²) in [5.41, 5.74) is 3.95. The number of aliphatic imine (C=N–C) groups is 1. The third kappa shape index (κ3) is 2.30. The maximum absolute atomic E-state index is 14.2. The lowest BCUT2D eigenvalue weighted by Crippen LogP contribution is -2.10. The van der Waals surface area contributed by atoms with Crippen LogP contribution in [-0.4, -0.2) is 20.2 Å². The first kappa shape index (κ1) is 14.3. The number of halogens is 2. The molecular weight excluding hydrogens is 359 g/mol. The molecule has 0 aliphatic carbocycles. The first-order valence-electron chi connectivity index (χ1n) is 7.14. The van der Waals surface area contributed by atoms with Gasteiger partial charge in [-0.05, 0) is 47.1 Å². The molecule has 3 heterocycles. The van der Waals surface area contributed by atoms with Crippen LogP contribution in [0.3, 0.4) is 0 Å². The monoisotopic (exact) mass is 370 g/mol. The molecule has 1 aliphatic rings. The molecule has 0 atom stereocenters. The zero-order valence-electron chi connectivity index (χ0n) is 12.3. The minimum Gasteiger partial charge on any atom is -0.299 e. The second kappa shape index (κ2) is 5.38. The Morgan fingerprint density at radius 1 is 1.22 bits per heavy atom. The highest BCUT2D eigenvalue weighted by Crippen LogP contribution is 2.30. The Morgan fingerprint density at radius 3 is 2.87 bits per heavy atom. The molecule has 0 amide bonds. The number of aryl methyl sites for hydroxylation is 1. The van der Waals surface area contributed by atoms with E-state index in [0.717, 1.165) is 22.9 Å². The summed E-state index contributed by atoms with van der Waals surface area (Å²) in [7, 11) is 0. The van der Waals surface area contributed by atoms with Crippen LogP contribution in [0.1, 0.15) is 22.8 Å². The number of hydrogen-bond donors (Lipinski definition) is 0. The summed E-state index contributed by atoms with van der Waals surface area (Å²) in [4.78, 5) is 13.4. The van der Waals surface area contributed by atoms with Crippen molar-refractivity contribution in [1.29, 1.82) is 0 Å². The van der Waals surface area contributed by atoms with Gasteiger partial charge in [-0.3, -0.25) is 14.5 Å². The van der Waals surface area contributed by atoms with Crippen molar-refractivity contribution in [3.05, 3.63) is 75.8 Å². The molecule has 0 saturated carbocycles. The molecule has 3 aromatic rings. The summed E-state index contributed by atoms with van der Waals surface area (Å²) in [6, 6.07) is 8.89. The second-order valence-electron chi connectivity index (χ2n) is 5.31. The molecule has 2 aromatic heterocycles. The summed E-state index contributed by atoms with van der Waals surface area (Å²) in [5.74, 6) is 0.502. The fourth-order valence-corrected chi connectivity index (χ4v) is 3.13. The zero-order valence-corrected chi connectivity index (χ0v) is 13.9. The molecule has 0 saturated heterocycles. The third-order valence-corrected chi connectivity index (χ3v) is 4.44. The van der Waals surface area contributed by atoms with Gasteiger partial charge >= 0.3 is 0 Å². The van der Waals surface area contributed by atoms with Gasteiger partial charge in [-0.2, -0.15) is 0 Å². The van der Waals surface area contributed by atoms with Crippen LogP contribution in [0.5, 0.6) is 0 Å². The van der Waals surface area contributed by atoms with Gasteiger partial charge in [-0.15, -0.1) is 0 Å². The minimum atomic E-state index is -0.325. The topological polar surface area (TPSA) is 43.1 Å². The first-order chi connectivity index (χ1) is 11.1. The molecule has 6 heteroatoms. The molecule has 0 bridgehead atoms. The van der Waals surface area contributed by atoms with Crippen molar-refractivity contribution >= 4 is 21.6 Å². The van der Waals surface area contributed by atoms with Crippen molar-refractivity contribution in [3.8, 4) is 5.69 Å². The average molecular weight is 371 g/mol. The highest BCUT2D eigenvalue weighted by molar-refractivity contribution is 9.10. The van der Waals surface area contributed by atoms with E-state index in [2.05, 4.69) is 30.9 Å². The van der Waals surface area contributed by atoms with Crippen molar-refractivity contribution in [2.75, 3.05) is 0 Å². The molecule has 0 N–H and O–H groups in total. The molecule has 1 aromatic carbocycles. The van der Waals surface area contributed by atoms with E-state index < -0.39 is 0 Å². The summed E-state index contributed by atoms with van der Waals surface area (Å²) < 4.78 is 16.6. The van der Waals surface area contributed by atoms with E-state index in [4.69, 9.17) is 0 Å². The SMILES string of the molecule is Cc1cnc2n1-c1cc(Br)c(F)cc1C(c1ccccn1)=NC2. The molecule has 0 spiro atoms. The van der Waals surface area contributed by atoms with Crippen LogP contribution in [-0.2, 0) is 6.54 Å². The van der Waals surface area contributed by atoms with Crippen molar-refractivity contribution in [3.63, 3.8) is 0 Å². The number of imidazole rings is 1. The van der Waals surface area contributed by atoms with Gasteiger partial charge in [0.15, 0.2) is 0 Å². The lowest BCUT2D eigenvalue weighted by atomic mass is 10.0. The number of rotatable bonds is 1. The number of fused-ring (bicyclic) bond motifs is 3. The lowest BCUT2D eigenvalue weighted by molar-refractivity contribution is 0.620. The number of aromatic nitrogens is 3. The van der Waals surface area contributed by atoms with Crippen LogP contribution in [0.25, 0.3) is 5.69 Å². The Balaban J connectivity index is 2.04. The molecule has 0 radical (unpaired) electrons. The third-order valence-electron chi connectivity index (χ3n) is 3.83. The lowest BCUT2D eigenvalue weighted by Gasteiger charge is -2.14. The number of hydrogen-bond acceptors (Lipinski definition) is 3. The van der Waals surface area contributed by atoms with Gasteiger partial charge in [0.1, 0.15) is 11.6 Å². The van der Waals surface area contributed by atoms with Crippen molar-refractivity contribution in [1.82, 2.24) is 14.5 Å². The van der Waals surface area contributed by atoms with Crippen molar-refractivity contribution < 1.29 is 4.39 Å². The van der Waals surface area contributed by atoms with E-state index in [1.54, 1.807) is 18.5 Å². The first-order valence-corrected chi connectivity index (χ1v) is 7.93. The van der Waals surface area contributed by atoms with Gasteiger partial charge in [-0.25, -0.2) is 9.37 Å². The Bertz CT molecular complexity index is 931. The normalized spacial score (nSPS) is 13.1. The van der Waals surface area contributed by atoms with Gasteiger partial charge in [0.05, 0.1) is 28.1 Å². The Hall–Kier alpha value is -2.34. The quantitative estimate of drug-likeness (QED) is 0.653. The highest BCUT2D eigenvalue weighted by Gasteiger charge is 2.23. The summed E-state index contributed by atoms with van der Waals surface area (Å²) in [6.07, 6.45) is 3.51. The van der Waals surface area contributed by atoms with Crippen molar-refractivity contribution in [2.45, 2.75) is 13.5 Å². The minimum absolute atomic E-state index is 0.325. The van der Waals surface area contributed by atoms with E-state index in [1.165, 1.54) is 6.07 Å². The second-order valence-corrected chi connectivity index (χ2v) is 6.17. The molecular formula is C17H12BrFN4. The van der Waals surface area contributed by atoms with Crippen LogP contribution in [0.2, 0.25) is 0 Å². The average Bonchev–Trinajstić information content (AvgIpc) is 2.84.